The van der Waals surface area contributed by atoms with Crippen LogP contribution in [0.15, 0.2) is 21.6 Å². The summed E-state index contributed by atoms with van der Waals surface area (Å²) in [4.78, 5) is 11.1. The molecule has 0 saturated carbocycles. The third-order valence-electron chi connectivity index (χ3n) is 3.45. The lowest BCUT2D eigenvalue weighted by Crippen LogP contribution is -2.15. The Bertz CT molecular complexity index is 833. The van der Waals surface area contributed by atoms with Crippen molar-refractivity contribution in [1.29, 1.82) is 0 Å². The summed E-state index contributed by atoms with van der Waals surface area (Å²) in [6.07, 6.45) is 0. The van der Waals surface area contributed by atoms with Crippen LogP contribution in [0.2, 0.25) is 0 Å². The Balaban J connectivity index is 2.53. The van der Waals surface area contributed by atoms with Gasteiger partial charge in [-0.05, 0) is 51.0 Å². The number of carboxylic acid groups (broad SMARTS) is 1. The summed E-state index contributed by atoms with van der Waals surface area (Å²) in [5.74, 6) is -0.835. The molecule has 0 aliphatic rings. The summed E-state index contributed by atoms with van der Waals surface area (Å²) in [5.41, 5.74) is 1.74. The van der Waals surface area contributed by atoms with Gasteiger partial charge in [-0.1, -0.05) is 5.16 Å². The third-order valence-corrected chi connectivity index (χ3v) is 4.78. The van der Waals surface area contributed by atoms with E-state index in [9.17, 15) is 18.3 Å². The number of sulfonamides is 1. The fourth-order valence-electron chi connectivity index (χ4n) is 2.03. The van der Waals surface area contributed by atoms with Crippen molar-refractivity contribution in [2.24, 2.45) is 0 Å². The molecule has 1 aromatic carbocycles. The van der Waals surface area contributed by atoms with Crippen molar-refractivity contribution in [2.75, 3.05) is 4.72 Å². The first-order chi connectivity index (χ1) is 10.1. The van der Waals surface area contributed by atoms with Crippen LogP contribution in [0.5, 0.6) is 0 Å². The Labute approximate surface area is 128 Å². The second kappa shape index (κ2) is 5.45. The van der Waals surface area contributed by atoms with Gasteiger partial charge in [-0.3, -0.25) is 4.72 Å². The number of benzene rings is 1. The van der Waals surface area contributed by atoms with Gasteiger partial charge in [0.15, 0.2) is 5.76 Å². The SMILES string of the molecule is Cc1cc(S(=O)(=O)Nc2c(C)noc2C)cc(C(=O)O)c1C. The highest BCUT2D eigenvalue weighted by Gasteiger charge is 2.22. The fraction of sp³-hybridized carbons (Fsp3) is 0.286. The molecule has 8 heteroatoms. The van der Waals surface area contributed by atoms with Gasteiger partial charge in [-0.2, -0.15) is 0 Å². The summed E-state index contributed by atoms with van der Waals surface area (Å²) in [7, 11) is -3.94. The second-order valence-corrected chi connectivity index (χ2v) is 6.70. The van der Waals surface area contributed by atoms with Crippen LogP contribution in [0.25, 0.3) is 0 Å². The number of nitrogens with one attached hydrogen (secondary N) is 1. The molecule has 0 saturated heterocycles. The molecule has 0 spiro atoms. The topological polar surface area (TPSA) is 110 Å². The molecule has 0 unspecified atom stereocenters. The molecule has 0 amide bonds. The number of aromatic carboxylic acids is 1. The number of hydrogen-bond acceptors (Lipinski definition) is 5. The van der Waals surface area contributed by atoms with Gasteiger partial charge in [0.1, 0.15) is 11.4 Å². The van der Waals surface area contributed by atoms with Crippen molar-refractivity contribution >= 4 is 21.7 Å². The van der Waals surface area contributed by atoms with Gasteiger partial charge in [0.05, 0.1) is 10.5 Å². The Morgan fingerprint density at radius 1 is 1.23 bits per heavy atom. The molecular formula is C14H16N2O5S. The van der Waals surface area contributed by atoms with Crippen LogP contribution < -0.4 is 4.72 Å². The van der Waals surface area contributed by atoms with Crippen LogP contribution in [0.3, 0.4) is 0 Å². The minimum atomic E-state index is -3.94. The number of aryl methyl sites for hydroxylation is 3. The van der Waals surface area contributed by atoms with E-state index >= 15 is 0 Å². The predicted molar refractivity (Wildman–Crippen MR) is 79.7 cm³/mol. The van der Waals surface area contributed by atoms with Crippen LogP contribution in [-0.2, 0) is 10.0 Å². The van der Waals surface area contributed by atoms with Gasteiger partial charge in [0, 0.05) is 0 Å². The van der Waals surface area contributed by atoms with E-state index in [1.807, 2.05) is 0 Å². The molecule has 1 heterocycles. The van der Waals surface area contributed by atoms with Crippen LogP contribution in [-0.4, -0.2) is 24.7 Å². The van der Waals surface area contributed by atoms with E-state index in [-0.39, 0.29) is 16.1 Å². The Kier molecular flexibility index (Phi) is 3.97. The van der Waals surface area contributed by atoms with E-state index < -0.39 is 16.0 Å². The molecule has 2 N–H and O–H groups in total. The van der Waals surface area contributed by atoms with Crippen LogP contribution in [0, 0.1) is 27.7 Å². The van der Waals surface area contributed by atoms with Crippen LogP contribution in [0.1, 0.15) is 32.9 Å². The molecule has 0 atom stereocenters. The number of hydrogen-bond donors (Lipinski definition) is 2. The maximum Gasteiger partial charge on any atom is 0.336 e. The van der Waals surface area contributed by atoms with E-state index in [1.165, 1.54) is 6.07 Å². The Morgan fingerprint density at radius 2 is 1.86 bits per heavy atom. The molecule has 0 aliphatic carbocycles. The van der Waals surface area contributed by atoms with Gasteiger partial charge in [0.2, 0.25) is 0 Å². The summed E-state index contributed by atoms with van der Waals surface area (Å²) in [6, 6.07) is 2.58. The average molecular weight is 324 g/mol. The van der Waals surface area contributed by atoms with E-state index in [0.29, 0.717) is 22.6 Å². The lowest BCUT2D eigenvalue weighted by molar-refractivity contribution is 0.0695. The van der Waals surface area contributed by atoms with Crippen LogP contribution in [0.4, 0.5) is 5.69 Å². The molecule has 7 nitrogen and oxygen atoms in total. The van der Waals surface area contributed by atoms with Crippen molar-refractivity contribution < 1.29 is 22.8 Å². The molecule has 2 rings (SSSR count). The standard InChI is InChI=1S/C14H16N2O5S/c1-7-5-11(6-12(8(7)2)14(17)18)22(19,20)16-13-9(3)15-21-10(13)4/h5-6,16H,1-4H3,(H,17,18). The summed E-state index contributed by atoms with van der Waals surface area (Å²) in [6.45, 7) is 6.49. The van der Waals surface area contributed by atoms with Crippen molar-refractivity contribution in [1.82, 2.24) is 5.16 Å². The van der Waals surface area contributed by atoms with Crippen molar-refractivity contribution in [3.05, 3.63) is 40.3 Å². The maximum atomic E-state index is 12.5. The van der Waals surface area contributed by atoms with Crippen LogP contribution >= 0.6 is 0 Å². The molecular weight excluding hydrogens is 308 g/mol. The number of rotatable bonds is 4. The minimum absolute atomic E-state index is 0.0425. The quantitative estimate of drug-likeness (QED) is 0.893. The Morgan fingerprint density at radius 3 is 2.36 bits per heavy atom. The fourth-order valence-corrected chi connectivity index (χ4v) is 3.31. The molecule has 0 radical (unpaired) electrons. The maximum absolute atomic E-state index is 12.5. The van der Waals surface area contributed by atoms with E-state index in [0.717, 1.165) is 6.07 Å². The lowest BCUT2D eigenvalue weighted by atomic mass is 10.0. The highest BCUT2D eigenvalue weighted by Crippen LogP contribution is 2.25. The smallest absolute Gasteiger partial charge is 0.336 e. The number of carboxylic acids is 1. The average Bonchev–Trinajstić information content (AvgIpc) is 2.72. The minimum Gasteiger partial charge on any atom is -0.478 e. The highest BCUT2D eigenvalue weighted by atomic mass is 32.2. The molecule has 0 fully saturated rings. The van der Waals surface area contributed by atoms with E-state index in [4.69, 9.17) is 4.52 Å². The normalized spacial score (nSPS) is 11.5. The predicted octanol–water partition coefficient (Wildman–Crippen LogP) is 2.41. The van der Waals surface area contributed by atoms with E-state index in [2.05, 4.69) is 9.88 Å². The summed E-state index contributed by atoms with van der Waals surface area (Å²) < 4.78 is 32.2. The molecule has 0 bridgehead atoms. The number of nitrogens with zero attached hydrogens (tertiary/aromatic N) is 1. The number of carbonyl (C=O) groups is 1. The largest absolute Gasteiger partial charge is 0.478 e. The zero-order valence-corrected chi connectivity index (χ0v) is 13.4. The molecule has 118 valence electrons. The first kappa shape index (κ1) is 16.0. The molecule has 22 heavy (non-hydrogen) atoms. The molecule has 0 aliphatic heterocycles. The summed E-state index contributed by atoms with van der Waals surface area (Å²) >= 11 is 0. The van der Waals surface area contributed by atoms with Gasteiger partial charge in [0.25, 0.3) is 10.0 Å². The molecule has 2 aromatic rings. The lowest BCUT2D eigenvalue weighted by Gasteiger charge is -2.11. The van der Waals surface area contributed by atoms with E-state index in [1.54, 1.807) is 27.7 Å². The van der Waals surface area contributed by atoms with Gasteiger partial charge in [-0.25, -0.2) is 13.2 Å². The Hall–Kier alpha value is -2.35. The van der Waals surface area contributed by atoms with Crippen molar-refractivity contribution in [3.8, 4) is 0 Å². The first-order valence-corrected chi connectivity index (χ1v) is 7.92. The van der Waals surface area contributed by atoms with Gasteiger partial charge >= 0.3 is 5.97 Å². The molecule has 1 aromatic heterocycles. The van der Waals surface area contributed by atoms with Crippen molar-refractivity contribution in [2.45, 2.75) is 32.6 Å². The van der Waals surface area contributed by atoms with Gasteiger partial charge in [-0.15, -0.1) is 0 Å². The number of aromatic nitrogens is 1. The first-order valence-electron chi connectivity index (χ1n) is 6.43. The monoisotopic (exact) mass is 324 g/mol. The number of anilines is 1. The van der Waals surface area contributed by atoms with Crippen molar-refractivity contribution in [3.63, 3.8) is 0 Å². The third kappa shape index (κ3) is 2.82. The highest BCUT2D eigenvalue weighted by molar-refractivity contribution is 7.92. The second-order valence-electron chi connectivity index (χ2n) is 5.02. The zero-order chi connectivity index (χ0) is 16.7. The van der Waals surface area contributed by atoms with Gasteiger partial charge < -0.3 is 9.63 Å². The summed E-state index contributed by atoms with van der Waals surface area (Å²) in [5, 5.41) is 12.9. The zero-order valence-electron chi connectivity index (χ0n) is 12.6.